The number of hydrogen-bond acceptors (Lipinski definition) is 5. The molecule has 2 fully saturated rings. The minimum absolute atomic E-state index is 0.0268. The molecule has 2 aliphatic carbocycles. The summed E-state index contributed by atoms with van der Waals surface area (Å²) in [6.45, 7) is 4.72. The molecular formula is C32H38N4O3. The second-order valence-electron chi connectivity index (χ2n) is 12.1. The smallest absolute Gasteiger partial charge is 0.259 e. The molecule has 3 aromatic rings. The molecule has 1 unspecified atom stereocenters. The van der Waals surface area contributed by atoms with Crippen molar-refractivity contribution in [1.29, 1.82) is 0 Å². The number of anilines is 1. The van der Waals surface area contributed by atoms with Gasteiger partial charge in [-0.1, -0.05) is 73.9 Å². The summed E-state index contributed by atoms with van der Waals surface area (Å²) in [6.07, 6.45) is 8.01. The number of aromatic nitrogens is 2. The van der Waals surface area contributed by atoms with E-state index in [4.69, 9.17) is 9.72 Å². The third-order valence-corrected chi connectivity index (χ3v) is 8.82. The molecule has 0 radical (unpaired) electrons. The Morgan fingerprint density at radius 3 is 2.56 bits per heavy atom. The standard InChI is InChI=1S/C32H38N4O3/c1-31(2)21-24(15-18-39-31)36-29(38)27-28(33-30(36)35-34-26(37)19-22-11-5-3-6-12-22)25-14-8-7-13-23(25)20-32(27)16-9-4-10-17-32/h3,5-8,11-14,24H,4,9-10,15-21H2,1-2H3,(H,33,35)(H,34,37). The first-order valence-corrected chi connectivity index (χ1v) is 14.3. The van der Waals surface area contributed by atoms with Crippen molar-refractivity contribution in [3.63, 3.8) is 0 Å². The van der Waals surface area contributed by atoms with Gasteiger partial charge < -0.3 is 4.74 Å². The molecule has 1 amide bonds. The third-order valence-electron chi connectivity index (χ3n) is 8.82. The Hall–Kier alpha value is -3.45. The summed E-state index contributed by atoms with van der Waals surface area (Å²) in [6, 6.07) is 17.9. The maximum atomic E-state index is 14.7. The van der Waals surface area contributed by atoms with Gasteiger partial charge in [0.15, 0.2) is 0 Å². The summed E-state index contributed by atoms with van der Waals surface area (Å²) in [5.41, 5.74) is 10.2. The van der Waals surface area contributed by atoms with Gasteiger partial charge in [0.25, 0.3) is 5.56 Å². The van der Waals surface area contributed by atoms with E-state index in [1.807, 2.05) is 41.0 Å². The van der Waals surface area contributed by atoms with Gasteiger partial charge in [0, 0.05) is 23.6 Å². The van der Waals surface area contributed by atoms with Gasteiger partial charge in [-0.2, -0.15) is 0 Å². The number of hydrazine groups is 1. The molecule has 7 nitrogen and oxygen atoms in total. The summed E-state index contributed by atoms with van der Waals surface area (Å²) in [4.78, 5) is 32.7. The van der Waals surface area contributed by atoms with Crippen LogP contribution < -0.4 is 16.4 Å². The number of rotatable bonds is 5. The van der Waals surface area contributed by atoms with E-state index in [9.17, 15) is 9.59 Å². The van der Waals surface area contributed by atoms with Gasteiger partial charge in [0.1, 0.15) is 0 Å². The molecule has 1 spiro atoms. The summed E-state index contributed by atoms with van der Waals surface area (Å²) >= 11 is 0. The maximum absolute atomic E-state index is 14.7. The fourth-order valence-electron chi connectivity index (χ4n) is 7.02. The van der Waals surface area contributed by atoms with Crippen LogP contribution in [0.3, 0.4) is 0 Å². The first kappa shape index (κ1) is 25.8. The maximum Gasteiger partial charge on any atom is 0.259 e. The Balaban J connectivity index is 1.45. The van der Waals surface area contributed by atoms with Gasteiger partial charge in [-0.25, -0.2) is 4.98 Å². The Morgan fingerprint density at radius 1 is 1.05 bits per heavy atom. The molecule has 39 heavy (non-hydrogen) atoms. The summed E-state index contributed by atoms with van der Waals surface area (Å²) in [5.74, 6) is 0.210. The first-order chi connectivity index (χ1) is 18.9. The van der Waals surface area contributed by atoms with Crippen LogP contribution in [-0.4, -0.2) is 27.7 Å². The molecule has 2 N–H and O–H groups in total. The van der Waals surface area contributed by atoms with Crippen LogP contribution >= 0.6 is 0 Å². The van der Waals surface area contributed by atoms with E-state index in [1.165, 1.54) is 12.0 Å². The first-order valence-electron chi connectivity index (χ1n) is 14.3. The SMILES string of the molecule is CC1(C)CC(n2c(NNC(=O)Cc3ccccc3)nc3c(c2=O)C2(CCCCC2)Cc2ccccc2-3)CCO1. The number of carbonyl (C=O) groups is 1. The van der Waals surface area contributed by atoms with E-state index in [0.717, 1.165) is 60.9 Å². The monoisotopic (exact) mass is 526 g/mol. The second-order valence-corrected chi connectivity index (χ2v) is 12.1. The average molecular weight is 527 g/mol. The topological polar surface area (TPSA) is 85.3 Å². The van der Waals surface area contributed by atoms with Crippen molar-refractivity contribution < 1.29 is 9.53 Å². The van der Waals surface area contributed by atoms with E-state index < -0.39 is 0 Å². The van der Waals surface area contributed by atoms with Crippen LogP contribution in [0.15, 0.2) is 59.4 Å². The van der Waals surface area contributed by atoms with E-state index in [0.29, 0.717) is 19.0 Å². The molecule has 1 atom stereocenters. The van der Waals surface area contributed by atoms with Gasteiger partial charge in [-0.15, -0.1) is 0 Å². The molecule has 0 bridgehead atoms. The molecule has 1 aliphatic heterocycles. The van der Waals surface area contributed by atoms with Crippen molar-refractivity contribution in [3.8, 4) is 11.3 Å². The van der Waals surface area contributed by atoms with Gasteiger partial charge in [-0.3, -0.25) is 25.0 Å². The molecule has 1 saturated heterocycles. The normalized spacial score (nSPS) is 21.0. The number of ether oxygens (including phenoxy) is 1. The summed E-state index contributed by atoms with van der Waals surface area (Å²) < 4.78 is 7.83. The number of nitrogens with zero attached hydrogens (tertiary/aromatic N) is 2. The molecule has 2 heterocycles. The molecular weight excluding hydrogens is 488 g/mol. The zero-order valence-electron chi connectivity index (χ0n) is 23.0. The lowest BCUT2D eigenvalue weighted by Gasteiger charge is -2.43. The Labute approximate surface area is 230 Å². The highest BCUT2D eigenvalue weighted by Gasteiger charge is 2.44. The lowest BCUT2D eigenvalue weighted by molar-refractivity contribution is -0.120. The molecule has 7 heteroatoms. The zero-order valence-corrected chi connectivity index (χ0v) is 23.0. The van der Waals surface area contributed by atoms with Crippen LogP contribution in [-0.2, 0) is 27.8 Å². The highest BCUT2D eigenvalue weighted by atomic mass is 16.5. The van der Waals surface area contributed by atoms with Crippen LogP contribution in [0.4, 0.5) is 5.95 Å². The van der Waals surface area contributed by atoms with Crippen molar-refractivity contribution in [2.24, 2.45) is 0 Å². The number of carbonyl (C=O) groups excluding carboxylic acids is 1. The minimum Gasteiger partial charge on any atom is -0.375 e. The molecule has 204 valence electrons. The van der Waals surface area contributed by atoms with Crippen molar-refractivity contribution >= 4 is 11.9 Å². The van der Waals surface area contributed by atoms with Gasteiger partial charge in [0.2, 0.25) is 11.9 Å². The quantitative estimate of drug-likeness (QED) is 0.430. The molecule has 1 aromatic heterocycles. The van der Waals surface area contributed by atoms with Crippen LogP contribution in [0, 0.1) is 0 Å². The minimum atomic E-state index is -0.346. The number of benzene rings is 2. The van der Waals surface area contributed by atoms with Crippen molar-refractivity contribution in [2.45, 2.75) is 88.7 Å². The zero-order chi connectivity index (χ0) is 27.0. The molecule has 3 aliphatic rings. The Bertz CT molecular complexity index is 1420. The van der Waals surface area contributed by atoms with Crippen molar-refractivity contribution in [2.75, 3.05) is 12.0 Å². The lowest BCUT2D eigenvalue weighted by Crippen LogP contribution is -2.47. The Kier molecular flexibility index (Phi) is 6.79. The Morgan fingerprint density at radius 2 is 1.79 bits per heavy atom. The predicted octanol–water partition coefficient (Wildman–Crippen LogP) is 5.48. The van der Waals surface area contributed by atoms with E-state index in [2.05, 4.69) is 42.9 Å². The molecule has 1 saturated carbocycles. The highest BCUT2D eigenvalue weighted by Crippen LogP contribution is 2.49. The van der Waals surface area contributed by atoms with Crippen LogP contribution in [0.5, 0.6) is 0 Å². The third kappa shape index (κ3) is 5.00. The number of hydrogen-bond donors (Lipinski definition) is 2. The predicted molar refractivity (Wildman–Crippen MR) is 153 cm³/mol. The van der Waals surface area contributed by atoms with Crippen LogP contribution in [0.2, 0.25) is 0 Å². The number of fused-ring (bicyclic) bond motifs is 4. The number of nitrogens with one attached hydrogen (secondary N) is 2. The van der Waals surface area contributed by atoms with E-state index >= 15 is 0 Å². The largest absolute Gasteiger partial charge is 0.375 e. The number of amides is 1. The highest BCUT2D eigenvalue weighted by molar-refractivity contribution is 5.80. The van der Waals surface area contributed by atoms with Crippen LogP contribution in [0.1, 0.15) is 81.5 Å². The van der Waals surface area contributed by atoms with E-state index in [-0.39, 0.29) is 34.9 Å². The van der Waals surface area contributed by atoms with Gasteiger partial charge >= 0.3 is 0 Å². The van der Waals surface area contributed by atoms with Crippen molar-refractivity contribution in [3.05, 3.63) is 81.6 Å². The fourth-order valence-corrected chi connectivity index (χ4v) is 7.02. The average Bonchev–Trinajstić information content (AvgIpc) is 2.92. The second kappa shape index (κ2) is 10.3. The van der Waals surface area contributed by atoms with Crippen LogP contribution in [0.25, 0.3) is 11.3 Å². The summed E-state index contributed by atoms with van der Waals surface area (Å²) in [7, 11) is 0. The lowest BCUT2D eigenvalue weighted by atomic mass is 9.62. The molecule has 2 aromatic carbocycles. The fraction of sp³-hybridized carbons (Fsp3) is 0.469. The van der Waals surface area contributed by atoms with E-state index in [1.54, 1.807) is 0 Å². The molecule has 6 rings (SSSR count). The van der Waals surface area contributed by atoms with Crippen molar-refractivity contribution in [1.82, 2.24) is 15.0 Å². The van der Waals surface area contributed by atoms with Gasteiger partial charge in [-0.05, 0) is 57.1 Å². The van der Waals surface area contributed by atoms with Gasteiger partial charge in [0.05, 0.1) is 23.3 Å². The summed E-state index contributed by atoms with van der Waals surface area (Å²) in [5, 5.41) is 0.